The van der Waals surface area contributed by atoms with Gasteiger partial charge in [-0.3, -0.25) is 0 Å². The van der Waals surface area contributed by atoms with Crippen molar-refractivity contribution in [2.24, 2.45) is 5.92 Å². The molecule has 5 nitrogen and oxygen atoms in total. The minimum atomic E-state index is 0.690. The van der Waals surface area contributed by atoms with Crippen LogP contribution in [0, 0.1) is 5.92 Å². The molecule has 0 fully saturated rings. The lowest BCUT2D eigenvalue weighted by Crippen LogP contribution is -2.22. The lowest BCUT2D eigenvalue weighted by atomic mass is 10.2. The molecule has 1 aromatic rings. The summed E-state index contributed by atoms with van der Waals surface area (Å²) >= 11 is 0. The lowest BCUT2D eigenvalue weighted by molar-refractivity contribution is 0.550. The van der Waals surface area contributed by atoms with Crippen molar-refractivity contribution in [1.29, 1.82) is 0 Å². The van der Waals surface area contributed by atoms with Crippen LogP contribution in [0.5, 0.6) is 0 Å². The summed E-state index contributed by atoms with van der Waals surface area (Å²) in [4.78, 5) is 0. The van der Waals surface area contributed by atoms with E-state index < -0.39 is 0 Å². The number of hydrogen-bond donors (Lipinski definition) is 2. The van der Waals surface area contributed by atoms with Gasteiger partial charge in [0.25, 0.3) is 0 Å². The van der Waals surface area contributed by atoms with Crippen LogP contribution in [0.25, 0.3) is 0 Å². The number of nitrogens with zero attached hydrogens (tertiary/aromatic N) is 3. The van der Waals surface area contributed by atoms with Crippen LogP contribution < -0.4 is 5.32 Å². The smallest absolute Gasteiger partial charge is 0.175 e. The van der Waals surface area contributed by atoms with Crippen molar-refractivity contribution in [3.63, 3.8) is 0 Å². The largest absolute Gasteiger partial charge is 0.316 e. The number of tetrazole rings is 1. The molecule has 0 aliphatic carbocycles. The van der Waals surface area contributed by atoms with Crippen molar-refractivity contribution in [3.05, 3.63) is 5.82 Å². The van der Waals surface area contributed by atoms with Gasteiger partial charge >= 0.3 is 0 Å². The Morgan fingerprint density at radius 2 is 2.33 bits per heavy atom. The molecule has 68 valence electrons. The number of aromatic amines is 1. The first-order valence-electron chi connectivity index (χ1n) is 4.22. The summed E-state index contributed by atoms with van der Waals surface area (Å²) in [6, 6.07) is 0. The predicted octanol–water partition coefficient (Wildman–Crippen LogP) is -0.0122. The van der Waals surface area contributed by atoms with Crippen LogP contribution in [-0.2, 0) is 6.42 Å². The topological polar surface area (TPSA) is 66.5 Å². The van der Waals surface area contributed by atoms with Crippen LogP contribution in [0.2, 0.25) is 0 Å². The first kappa shape index (κ1) is 9.12. The van der Waals surface area contributed by atoms with E-state index in [4.69, 9.17) is 0 Å². The third kappa shape index (κ3) is 3.43. The molecule has 0 radical (unpaired) electrons. The zero-order chi connectivity index (χ0) is 8.81. The minimum absolute atomic E-state index is 0.690. The third-order valence-electron chi connectivity index (χ3n) is 1.47. The zero-order valence-corrected chi connectivity index (χ0v) is 7.54. The maximum atomic E-state index is 3.85. The van der Waals surface area contributed by atoms with E-state index in [0.717, 1.165) is 25.3 Å². The summed E-state index contributed by atoms with van der Waals surface area (Å²) < 4.78 is 0. The molecule has 0 unspecified atom stereocenters. The molecule has 0 amide bonds. The predicted molar refractivity (Wildman–Crippen MR) is 45.6 cm³/mol. The fourth-order valence-corrected chi connectivity index (χ4v) is 0.879. The SMILES string of the molecule is CC(C)CNCCc1nn[nH]n1. The van der Waals surface area contributed by atoms with Crippen molar-refractivity contribution in [3.8, 4) is 0 Å². The lowest BCUT2D eigenvalue weighted by Gasteiger charge is -2.04. The standard InChI is InChI=1S/C7H15N5/c1-6(2)5-8-4-3-7-9-11-12-10-7/h6,8H,3-5H2,1-2H3,(H,9,10,11,12). The van der Waals surface area contributed by atoms with E-state index in [2.05, 4.69) is 39.8 Å². The first-order valence-corrected chi connectivity index (χ1v) is 4.22. The van der Waals surface area contributed by atoms with Gasteiger partial charge in [0.05, 0.1) is 0 Å². The number of nitrogens with one attached hydrogen (secondary N) is 2. The van der Waals surface area contributed by atoms with Crippen molar-refractivity contribution < 1.29 is 0 Å². The molecule has 1 heterocycles. The van der Waals surface area contributed by atoms with E-state index in [1.807, 2.05) is 0 Å². The van der Waals surface area contributed by atoms with Gasteiger partial charge in [0.15, 0.2) is 5.82 Å². The highest BCUT2D eigenvalue weighted by atomic mass is 15.5. The molecule has 0 spiro atoms. The number of rotatable bonds is 5. The highest BCUT2D eigenvalue weighted by molar-refractivity contribution is 4.76. The second-order valence-corrected chi connectivity index (χ2v) is 3.18. The van der Waals surface area contributed by atoms with E-state index >= 15 is 0 Å². The molecule has 5 heteroatoms. The first-order chi connectivity index (χ1) is 5.79. The van der Waals surface area contributed by atoms with E-state index in [-0.39, 0.29) is 0 Å². The Kier molecular flexibility index (Phi) is 3.66. The summed E-state index contributed by atoms with van der Waals surface area (Å²) in [5, 5.41) is 16.9. The Labute approximate surface area is 71.9 Å². The van der Waals surface area contributed by atoms with Crippen LogP contribution in [-0.4, -0.2) is 33.7 Å². The molecule has 0 saturated carbocycles. The average molecular weight is 169 g/mol. The molecule has 0 aromatic carbocycles. The fourth-order valence-electron chi connectivity index (χ4n) is 0.879. The molecule has 0 bridgehead atoms. The van der Waals surface area contributed by atoms with Crippen LogP contribution in [0.1, 0.15) is 19.7 Å². The van der Waals surface area contributed by atoms with E-state index in [9.17, 15) is 0 Å². The van der Waals surface area contributed by atoms with Gasteiger partial charge in [-0.25, -0.2) is 0 Å². The van der Waals surface area contributed by atoms with Crippen LogP contribution in [0.4, 0.5) is 0 Å². The Morgan fingerprint density at radius 3 is 2.92 bits per heavy atom. The Hall–Kier alpha value is -0.970. The summed E-state index contributed by atoms with van der Waals surface area (Å²) in [5.74, 6) is 1.46. The Balaban J connectivity index is 2.04. The summed E-state index contributed by atoms with van der Waals surface area (Å²) in [6.07, 6.45) is 0.837. The highest BCUT2D eigenvalue weighted by Gasteiger charge is 1.97. The molecule has 0 aliphatic heterocycles. The molecule has 0 atom stereocenters. The van der Waals surface area contributed by atoms with Crippen molar-refractivity contribution in [2.45, 2.75) is 20.3 Å². The molecule has 1 rings (SSSR count). The van der Waals surface area contributed by atoms with Gasteiger partial charge in [0.1, 0.15) is 0 Å². The van der Waals surface area contributed by atoms with Gasteiger partial charge in [0.2, 0.25) is 0 Å². The van der Waals surface area contributed by atoms with Crippen molar-refractivity contribution in [1.82, 2.24) is 25.9 Å². The van der Waals surface area contributed by atoms with Crippen molar-refractivity contribution >= 4 is 0 Å². The Bertz CT molecular complexity index is 194. The van der Waals surface area contributed by atoms with Crippen molar-refractivity contribution in [2.75, 3.05) is 13.1 Å². The molecule has 0 saturated heterocycles. The summed E-state index contributed by atoms with van der Waals surface area (Å²) in [6.45, 7) is 6.32. The molecule has 12 heavy (non-hydrogen) atoms. The molecule has 2 N–H and O–H groups in total. The molecular formula is C7H15N5. The maximum absolute atomic E-state index is 3.85. The number of hydrogen-bond acceptors (Lipinski definition) is 4. The summed E-state index contributed by atoms with van der Waals surface area (Å²) in [5.41, 5.74) is 0. The number of aromatic nitrogens is 4. The van der Waals surface area contributed by atoms with Gasteiger partial charge < -0.3 is 5.32 Å². The molecule has 0 aliphatic rings. The zero-order valence-electron chi connectivity index (χ0n) is 7.54. The summed E-state index contributed by atoms with van der Waals surface area (Å²) in [7, 11) is 0. The third-order valence-corrected chi connectivity index (χ3v) is 1.47. The van der Waals surface area contributed by atoms with E-state index in [1.165, 1.54) is 0 Å². The highest BCUT2D eigenvalue weighted by Crippen LogP contribution is 1.88. The van der Waals surface area contributed by atoms with Gasteiger partial charge in [0, 0.05) is 13.0 Å². The van der Waals surface area contributed by atoms with Crippen LogP contribution in [0.3, 0.4) is 0 Å². The van der Waals surface area contributed by atoms with Gasteiger partial charge in [-0.1, -0.05) is 19.1 Å². The van der Waals surface area contributed by atoms with E-state index in [0.29, 0.717) is 5.92 Å². The van der Waals surface area contributed by atoms with Crippen LogP contribution >= 0.6 is 0 Å². The number of H-pyrrole nitrogens is 1. The normalized spacial score (nSPS) is 10.9. The van der Waals surface area contributed by atoms with E-state index in [1.54, 1.807) is 0 Å². The van der Waals surface area contributed by atoms with Gasteiger partial charge in [-0.2, -0.15) is 5.21 Å². The van der Waals surface area contributed by atoms with Gasteiger partial charge in [-0.05, 0) is 12.5 Å². The molecule has 1 aromatic heterocycles. The monoisotopic (exact) mass is 169 g/mol. The average Bonchev–Trinajstić information content (AvgIpc) is 2.49. The quantitative estimate of drug-likeness (QED) is 0.608. The second-order valence-electron chi connectivity index (χ2n) is 3.18. The van der Waals surface area contributed by atoms with Crippen LogP contribution in [0.15, 0.2) is 0 Å². The molecular weight excluding hydrogens is 154 g/mol. The second kappa shape index (κ2) is 4.82. The minimum Gasteiger partial charge on any atom is -0.316 e. The Morgan fingerprint density at radius 1 is 1.50 bits per heavy atom. The maximum Gasteiger partial charge on any atom is 0.175 e. The fraction of sp³-hybridized carbons (Fsp3) is 0.857. The van der Waals surface area contributed by atoms with Gasteiger partial charge in [-0.15, -0.1) is 10.2 Å².